The van der Waals surface area contributed by atoms with Crippen LogP contribution in [0.1, 0.15) is 94.7 Å². The molecule has 1 saturated carbocycles. The maximum absolute atomic E-state index is 16.1. The van der Waals surface area contributed by atoms with Crippen LogP contribution in [0.25, 0.3) is 21.8 Å². The van der Waals surface area contributed by atoms with E-state index in [1.54, 1.807) is 37.7 Å². The SMILES string of the molecule is Cc1ncsc1-c1ccc([C@H](C)NC(=O)[C@@H]2C[C@@H](O)CN2C(=O)[C@@H](c2onc(OCCN3CCC(O[C@H]4C[C@H](Oc5cc(N6C7CCC6CN(c6cc(-c8ccccc8O)nnc6N)C7)ccn5)C4)CC3)c2F)C(C)C)cn1. The number of aromatic nitrogens is 6. The number of piperidine rings is 1. The third-order valence-electron chi connectivity index (χ3n) is 16.1. The Labute approximate surface area is 456 Å². The quantitative estimate of drug-likeness (QED) is 0.0701. The Kier molecular flexibility index (Phi) is 15.5. The molecule has 1 aromatic carbocycles. The van der Waals surface area contributed by atoms with Crippen molar-refractivity contribution in [1.82, 2.24) is 45.4 Å². The predicted octanol–water partition coefficient (Wildman–Crippen LogP) is 6.69. The third-order valence-corrected chi connectivity index (χ3v) is 17.0. The van der Waals surface area contributed by atoms with E-state index in [2.05, 4.69) is 62.5 Å². The van der Waals surface area contributed by atoms with Gasteiger partial charge in [-0.1, -0.05) is 32.0 Å². The van der Waals surface area contributed by atoms with Gasteiger partial charge in [-0.15, -0.1) is 21.5 Å². The molecule has 9 heterocycles. The van der Waals surface area contributed by atoms with Crippen LogP contribution in [0, 0.1) is 18.7 Å². The van der Waals surface area contributed by atoms with E-state index in [-0.39, 0.29) is 67.4 Å². The van der Waals surface area contributed by atoms with E-state index < -0.39 is 47.7 Å². The molecule has 78 heavy (non-hydrogen) atoms. The minimum Gasteiger partial charge on any atom is -0.507 e. The number of aliphatic hydroxyl groups is 1. The highest BCUT2D eigenvalue weighted by Gasteiger charge is 2.46. The Hall–Kier alpha value is -7.01. The molecule has 4 saturated heterocycles. The number of ether oxygens (including phenoxy) is 3. The number of rotatable bonds is 18. The first-order chi connectivity index (χ1) is 37.7. The Morgan fingerprint density at radius 2 is 1.71 bits per heavy atom. The Bertz CT molecular complexity index is 3060. The standard InChI is InChI=1S/C56H67FN12O8S/c1-31(2)49(56(73)68-29-38(70)22-46(68)54(72)62-32(3)34-9-12-43(60-26-34)52-33(4)61-30-78-52)51-50(57)55(65-77-51)74-20-19-66-17-14-39(15-18-66)75-40-23-41(24-40)76-48-21-35(13-16-59-48)69-36-10-11-37(69)28-67(27-36)45-25-44(63-64-53(45)58)42-7-5-6-8-47(42)71/h5-9,12-13,16,21,25-26,30-32,36-41,46,49,70-71H,10-11,14-15,17-20,22-24,27-29H2,1-4H3,(H2,58,64)(H,62,72)/t32-,36?,37?,38+,40-,41-,46-,49+/m0/s1. The van der Waals surface area contributed by atoms with Crippen molar-refractivity contribution in [3.8, 4) is 39.3 Å². The molecule has 2 amide bonds. The number of aliphatic hydroxyl groups excluding tert-OH is 1. The van der Waals surface area contributed by atoms with Crippen LogP contribution in [0.4, 0.5) is 21.6 Å². The van der Waals surface area contributed by atoms with Gasteiger partial charge < -0.3 is 54.7 Å². The predicted molar refractivity (Wildman–Crippen MR) is 290 cm³/mol. The number of nitrogen functional groups attached to an aromatic ring is 1. The number of nitrogens with zero attached hydrogens (tertiary/aromatic N) is 10. The summed E-state index contributed by atoms with van der Waals surface area (Å²) in [7, 11) is 0. The van der Waals surface area contributed by atoms with Crippen LogP contribution in [-0.2, 0) is 14.3 Å². The average Bonchev–Trinajstić information content (AvgIpc) is 4.26. The Balaban J connectivity index is 0.610. The number of pyridine rings is 2. The van der Waals surface area contributed by atoms with Gasteiger partial charge in [0.15, 0.2) is 11.6 Å². The van der Waals surface area contributed by atoms with Gasteiger partial charge in [0.1, 0.15) is 30.4 Å². The fourth-order valence-electron chi connectivity index (χ4n) is 11.8. The molecule has 5 aliphatic rings. The number of nitrogens with one attached hydrogen (secondary N) is 1. The lowest BCUT2D eigenvalue weighted by molar-refractivity contribution is -0.141. The number of β-amino-alcohol motifs (C(OH)–C–C–N with tert-alkyl or cyclic N) is 1. The van der Waals surface area contributed by atoms with E-state index in [0.717, 1.165) is 97.9 Å². The second kappa shape index (κ2) is 22.8. The number of hydrogen-bond donors (Lipinski definition) is 4. The number of fused-ring (bicyclic) bond motifs is 2. The van der Waals surface area contributed by atoms with Crippen LogP contribution >= 0.6 is 11.3 Å². The lowest BCUT2D eigenvalue weighted by Crippen LogP contribution is -2.54. The zero-order valence-electron chi connectivity index (χ0n) is 44.3. The fourth-order valence-corrected chi connectivity index (χ4v) is 12.6. The summed E-state index contributed by atoms with van der Waals surface area (Å²) in [6.07, 6.45) is 8.29. The topological polar surface area (TPSA) is 244 Å². The van der Waals surface area contributed by atoms with E-state index in [1.807, 2.05) is 50.4 Å². The summed E-state index contributed by atoms with van der Waals surface area (Å²) in [5, 5.41) is 36.6. The number of likely N-dealkylation sites (tertiary alicyclic amines) is 2. The van der Waals surface area contributed by atoms with Gasteiger partial charge in [-0.25, -0.2) is 9.97 Å². The van der Waals surface area contributed by atoms with Gasteiger partial charge in [0.2, 0.25) is 23.5 Å². The molecular weight excluding hydrogens is 1020 g/mol. The number of phenolic OH excluding ortho intramolecular Hbond substituents is 1. The first-order valence-electron chi connectivity index (χ1n) is 27.1. The minimum absolute atomic E-state index is 0.0220. The maximum atomic E-state index is 16.1. The number of anilines is 3. The van der Waals surface area contributed by atoms with E-state index in [4.69, 9.17) is 24.5 Å². The second-order valence-electron chi connectivity index (χ2n) is 21.7. The molecule has 4 aliphatic heterocycles. The smallest absolute Gasteiger partial charge is 0.291 e. The van der Waals surface area contributed by atoms with Gasteiger partial charge >= 0.3 is 0 Å². The van der Waals surface area contributed by atoms with E-state index >= 15 is 4.39 Å². The first kappa shape index (κ1) is 53.0. The largest absolute Gasteiger partial charge is 0.507 e. The summed E-state index contributed by atoms with van der Waals surface area (Å²) < 4.78 is 40.3. The molecule has 6 atom stereocenters. The lowest BCUT2D eigenvalue weighted by atomic mass is 9.91. The number of para-hydroxylation sites is 1. The molecule has 5 aromatic heterocycles. The van der Waals surface area contributed by atoms with Gasteiger partial charge in [-0.05, 0) is 86.5 Å². The van der Waals surface area contributed by atoms with Crippen LogP contribution in [0.5, 0.6) is 17.5 Å². The number of aromatic hydroxyl groups is 1. The number of phenols is 1. The zero-order valence-corrected chi connectivity index (χ0v) is 45.1. The van der Waals surface area contributed by atoms with Crippen molar-refractivity contribution in [2.45, 2.75) is 127 Å². The molecule has 11 rings (SSSR count). The molecule has 0 radical (unpaired) electrons. The van der Waals surface area contributed by atoms with Crippen LogP contribution in [-0.4, -0.2) is 151 Å². The number of nitrogens with two attached hydrogens (primary N) is 1. The van der Waals surface area contributed by atoms with Crippen LogP contribution < -0.4 is 30.3 Å². The number of halogens is 1. The van der Waals surface area contributed by atoms with Crippen molar-refractivity contribution in [2.75, 3.05) is 61.4 Å². The highest BCUT2D eigenvalue weighted by Crippen LogP contribution is 2.41. The van der Waals surface area contributed by atoms with Gasteiger partial charge in [0.25, 0.3) is 5.88 Å². The Morgan fingerprint density at radius 1 is 0.923 bits per heavy atom. The normalized spacial score (nSPS) is 23.3. The molecule has 5 N–H and O–H groups in total. The molecule has 1 aliphatic carbocycles. The van der Waals surface area contributed by atoms with Crippen molar-refractivity contribution in [2.24, 2.45) is 5.92 Å². The van der Waals surface area contributed by atoms with E-state index in [1.165, 1.54) is 16.2 Å². The van der Waals surface area contributed by atoms with E-state index in [0.29, 0.717) is 29.5 Å². The number of amides is 2. The summed E-state index contributed by atoms with van der Waals surface area (Å²) in [5.74, 6) is -2.82. The Morgan fingerprint density at radius 3 is 2.42 bits per heavy atom. The summed E-state index contributed by atoms with van der Waals surface area (Å²) in [5.41, 5.74) is 13.7. The van der Waals surface area contributed by atoms with Gasteiger partial charge in [0.05, 0.1) is 57.5 Å². The van der Waals surface area contributed by atoms with Gasteiger partial charge in [0, 0.05) is 100 Å². The summed E-state index contributed by atoms with van der Waals surface area (Å²) in [6.45, 7) is 11.0. The number of benzene rings is 1. The average molecular weight is 1090 g/mol. The molecule has 0 spiro atoms. The minimum atomic E-state index is -1.11. The number of hydrogen-bond acceptors (Lipinski definition) is 19. The molecule has 2 unspecified atom stereocenters. The number of aryl methyl sites for hydroxylation is 1. The zero-order chi connectivity index (χ0) is 54.2. The number of carbonyl (C=O) groups excluding carboxylic acids is 2. The lowest BCUT2D eigenvalue weighted by Gasteiger charge is -2.43. The van der Waals surface area contributed by atoms with E-state index in [9.17, 15) is 19.8 Å². The molecule has 5 fully saturated rings. The highest BCUT2D eigenvalue weighted by molar-refractivity contribution is 7.13. The fraction of sp³-hybridized carbons (Fsp3) is 0.500. The number of thiazole rings is 1. The van der Waals surface area contributed by atoms with Crippen LogP contribution in [0.2, 0.25) is 0 Å². The molecule has 22 heteroatoms. The molecule has 20 nitrogen and oxygen atoms in total. The molecule has 6 aromatic rings. The van der Waals surface area contributed by atoms with Crippen LogP contribution in [0.3, 0.4) is 0 Å². The van der Waals surface area contributed by atoms with Crippen molar-refractivity contribution >= 4 is 40.3 Å². The monoisotopic (exact) mass is 1090 g/mol. The molecular formula is C56H67FN12O8S. The molecule has 412 valence electrons. The van der Waals surface area contributed by atoms with Crippen LogP contribution in [0.15, 0.2) is 77.0 Å². The second-order valence-corrected chi connectivity index (χ2v) is 22.5. The van der Waals surface area contributed by atoms with Crippen molar-refractivity contribution in [1.29, 1.82) is 0 Å². The summed E-state index contributed by atoms with van der Waals surface area (Å²) in [4.78, 5) is 50.7. The van der Waals surface area contributed by atoms with Crippen molar-refractivity contribution in [3.63, 3.8) is 0 Å². The number of carbonyl (C=O) groups is 2. The summed E-state index contributed by atoms with van der Waals surface area (Å²) in [6, 6.07) is 16.0. The highest BCUT2D eigenvalue weighted by atomic mass is 32.1. The number of piperazine rings is 1. The summed E-state index contributed by atoms with van der Waals surface area (Å²) >= 11 is 1.51. The van der Waals surface area contributed by atoms with Crippen molar-refractivity contribution < 1.29 is 42.9 Å². The van der Waals surface area contributed by atoms with Gasteiger partial charge in [-0.3, -0.25) is 19.5 Å². The first-order valence-corrected chi connectivity index (χ1v) is 28.0. The van der Waals surface area contributed by atoms with Gasteiger partial charge in [-0.2, -0.15) is 4.39 Å². The molecule has 2 bridgehead atoms. The third kappa shape index (κ3) is 11.2. The maximum Gasteiger partial charge on any atom is 0.291 e. The van der Waals surface area contributed by atoms with Crippen molar-refractivity contribution in [3.05, 3.63) is 95.3 Å².